The summed E-state index contributed by atoms with van der Waals surface area (Å²) >= 11 is 6.12. The van der Waals surface area contributed by atoms with Crippen molar-refractivity contribution in [2.24, 2.45) is 0 Å². The highest BCUT2D eigenvalue weighted by Crippen LogP contribution is 2.26. The monoisotopic (exact) mass is 349 g/mol. The van der Waals surface area contributed by atoms with Crippen molar-refractivity contribution in [2.45, 2.75) is 20.0 Å². The fraction of sp³-hybridized carbons (Fsp3) is 0.368. The van der Waals surface area contributed by atoms with Crippen LogP contribution in [-0.2, 0) is 4.74 Å². The third-order valence-electron chi connectivity index (χ3n) is 3.32. The van der Waals surface area contributed by atoms with Crippen LogP contribution in [0, 0.1) is 0 Å². The van der Waals surface area contributed by atoms with Crippen molar-refractivity contribution >= 4 is 17.3 Å². The van der Waals surface area contributed by atoms with Gasteiger partial charge in [-0.05, 0) is 38.1 Å². The van der Waals surface area contributed by atoms with Gasteiger partial charge in [0.25, 0.3) is 0 Å². The summed E-state index contributed by atoms with van der Waals surface area (Å²) in [5.74, 6) is 1.50. The zero-order chi connectivity index (χ0) is 17.2. The van der Waals surface area contributed by atoms with Crippen molar-refractivity contribution in [3.8, 4) is 11.5 Å². The van der Waals surface area contributed by atoms with E-state index in [4.69, 9.17) is 25.8 Å². The summed E-state index contributed by atoms with van der Waals surface area (Å²) in [5, 5.41) is 3.97. The number of halogens is 1. The second-order valence-electron chi connectivity index (χ2n) is 5.28. The lowest BCUT2D eigenvalue weighted by Gasteiger charge is -2.18. The summed E-state index contributed by atoms with van der Waals surface area (Å²) in [5.41, 5.74) is 0.934. The van der Waals surface area contributed by atoms with Gasteiger partial charge < -0.3 is 19.5 Å². The third kappa shape index (κ3) is 5.95. The molecule has 5 heteroatoms. The number of anilines is 1. The van der Waals surface area contributed by atoms with E-state index in [-0.39, 0.29) is 6.10 Å². The Balaban J connectivity index is 1.86. The van der Waals surface area contributed by atoms with E-state index < -0.39 is 0 Å². The first kappa shape index (κ1) is 18.4. The van der Waals surface area contributed by atoms with Crippen LogP contribution in [-0.4, -0.2) is 32.5 Å². The SMILES string of the molecule is CCOCCOc1ccccc1NCC(C)Oc1ccccc1Cl. The molecule has 0 amide bonds. The second kappa shape index (κ2) is 10.1. The summed E-state index contributed by atoms with van der Waals surface area (Å²) in [6.07, 6.45) is -0.0404. The Morgan fingerprint density at radius 1 is 1.00 bits per heavy atom. The van der Waals surface area contributed by atoms with E-state index in [1.807, 2.05) is 62.4 Å². The lowest BCUT2D eigenvalue weighted by Crippen LogP contribution is -2.23. The maximum atomic E-state index is 6.12. The highest BCUT2D eigenvalue weighted by Gasteiger charge is 2.09. The van der Waals surface area contributed by atoms with E-state index in [9.17, 15) is 0 Å². The molecule has 130 valence electrons. The standard InChI is InChI=1S/C19H24ClNO3/c1-3-22-12-13-23-19-11-7-5-9-17(19)21-14-15(2)24-18-10-6-4-8-16(18)20/h4-11,15,21H,3,12-14H2,1-2H3. The molecule has 0 aliphatic rings. The summed E-state index contributed by atoms with van der Waals surface area (Å²) in [6.45, 7) is 6.40. The predicted octanol–water partition coefficient (Wildman–Crippen LogP) is 4.63. The molecule has 4 nitrogen and oxygen atoms in total. The average molecular weight is 350 g/mol. The zero-order valence-corrected chi connectivity index (χ0v) is 14.9. The highest BCUT2D eigenvalue weighted by molar-refractivity contribution is 6.32. The first-order chi connectivity index (χ1) is 11.7. The van der Waals surface area contributed by atoms with Gasteiger partial charge in [-0.1, -0.05) is 35.9 Å². The van der Waals surface area contributed by atoms with Gasteiger partial charge in [0.2, 0.25) is 0 Å². The van der Waals surface area contributed by atoms with Crippen LogP contribution in [0.1, 0.15) is 13.8 Å². The van der Waals surface area contributed by atoms with Crippen molar-refractivity contribution in [3.63, 3.8) is 0 Å². The summed E-state index contributed by atoms with van der Waals surface area (Å²) < 4.78 is 16.9. The van der Waals surface area contributed by atoms with Gasteiger partial charge in [-0.2, -0.15) is 0 Å². The molecule has 1 unspecified atom stereocenters. The van der Waals surface area contributed by atoms with Gasteiger partial charge >= 0.3 is 0 Å². The van der Waals surface area contributed by atoms with Crippen LogP contribution in [0.25, 0.3) is 0 Å². The fourth-order valence-electron chi connectivity index (χ4n) is 2.15. The Hall–Kier alpha value is -1.91. The Kier molecular flexibility index (Phi) is 7.72. The van der Waals surface area contributed by atoms with Crippen LogP contribution >= 0.6 is 11.6 Å². The summed E-state index contributed by atoms with van der Waals surface area (Å²) in [6, 6.07) is 15.3. The van der Waals surface area contributed by atoms with Crippen LogP contribution < -0.4 is 14.8 Å². The van der Waals surface area contributed by atoms with E-state index in [1.165, 1.54) is 0 Å². The number of hydrogen-bond donors (Lipinski definition) is 1. The van der Waals surface area contributed by atoms with E-state index in [1.54, 1.807) is 0 Å². The Labute approximate surface area is 148 Å². The Morgan fingerprint density at radius 2 is 1.71 bits per heavy atom. The minimum Gasteiger partial charge on any atom is -0.489 e. The van der Waals surface area contributed by atoms with Gasteiger partial charge in [-0.25, -0.2) is 0 Å². The Bertz CT molecular complexity index is 621. The van der Waals surface area contributed by atoms with Gasteiger partial charge in [-0.3, -0.25) is 0 Å². The fourth-order valence-corrected chi connectivity index (χ4v) is 2.33. The number of para-hydroxylation sites is 3. The summed E-state index contributed by atoms with van der Waals surface area (Å²) in [4.78, 5) is 0. The molecule has 0 saturated carbocycles. The van der Waals surface area contributed by atoms with Gasteiger partial charge in [-0.15, -0.1) is 0 Å². The van der Waals surface area contributed by atoms with E-state index in [0.29, 0.717) is 37.1 Å². The number of benzene rings is 2. The Morgan fingerprint density at radius 3 is 2.46 bits per heavy atom. The molecule has 0 saturated heterocycles. The van der Waals surface area contributed by atoms with E-state index >= 15 is 0 Å². The van der Waals surface area contributed by atoms with Crippen molar-refractivity contribution in [2.75, 3.05) is 31.7 Å². The average Bonchev–Trinajstić information content (AvgIpc) is 2.60. The number of rotatable bonds is 10. The molecule has 1 N–H and O–H groups in total. The molecular weight excluding hydrogens is 326 g/mol. The van der Waals surface area contributed by atoms with Crippen LogP contribution in [0.15, 0.2) is 48.5 Å². The zero-order valence-electron chi connectivity index (χ0n) is 14.1. The van der Waals surface area contributed by atoms with Crippen LogP contribution in [0.4, 0.5) is 5.69 Å². The first-order valence-corrected chi connectivity index (χ1v) is 8.53. The second-order valence-corrected chi connectivity index (χ2v) is 5.69. The van der Waals surface area contributed by atoms with E-state index in [0.717, 1.165) is 11.4 Å². The quantitative estimate of drug-likeness (QED) is 0.634. The van der Waals surface area contributed by atoms with E-state index in [2.05, 4.69) is 5.32 Å². The molecule has 1 atom stereocenters. The largest absolute Gasteiger partial charge is 0.489 e. The van der Waals surface area contributed by atoms with Gasteiger partial charge in [0.05, 0.1) is 23.9 Å². The number of hydrogen-bond acceptors (Lipinski definition) is 4. The van der Waals surface area contributed by atoms with Gasteiger partial charge in [0.1, 0.15) is 24.2 Å². The first-order valence-electron chi connectivity index (χ1n) is 8.15. The topological polar surface area (TPSA) is 39.7 Å². The molecule has 0 aromatic heterocycles. The molecule has 0 fully saturated rings. The lowest BCUT2D eigenvalue weighted by atomic mass is 10.2. The highest BCUT2D eigenvalue weighted by atomic mass is 35.5. The molecule has 0 aliphatic heterocycles. The molecule has 0 radical (unpaired) electrons. The molecule has 2 aromatic rings. The molecule has 2 aromatic carbocycles. The molecule has 0 aliphatic carbocycles. The maximum Gasteiger partial charge on any atom is 0.142 e. The van der Waals surface area contributed by atoms with Gasteiger partial charge in [0.15, 0.2) is 0 Å². The third-order valence-corrected chi connectivity index (χ3v) is 3.63. The molecule has 0 heterocycles. The molecular formula is C19H24ClNO3. The van der Waals surface area contributed by atoms with Gasteiger partial charge in [0, 0.05) is 6.61 Å². The molecule has 2 rings (SSSR count). The van der Waals surface area contributed by atoms with Crippen molar-refractivity contribution in [1.29, 1.82) is 0 Å². The number of ether oxygens (including phenoxy) is 3. The van der Waals surface area contributed by atoms with Crippen molar-refractivity contribution in [1.82, 2.24) is 0 Å². The minimum atomic E-state index is -0.0404. The van der Waals surface area contributed by atoms with Crippen molar-refractivity contribution in [3.05, 3.63) is 53.6 Å². The minimum absolute atomic E-state index is 0.0404. The van der Waals surface area contributed by atoms with Crippen LogP contribution in [0.2, 0.25) is 5.02 Å². The lowest BCUT2D eigenvalue weighted by molar-refractivity contribution is 0.110. The number of nitrogens with one attached hydrogen (secondary N) is 1. The smallest absolute Gasteiger partial charge is 0.142 e. The maximum absolute atomic E-state index is 6.12. The predicted molar refractivity (Wildman–Crippen MR) is 98.5 cm³/mol. The normalized spacial score (nSPS) is 11.8. The van der Waals surface area contributed by atoms with Crippen molar-refractivity contribution < 1.29 is 14.2 Å². The van der Waals surface area contributed by atoms with Crippen LogP contribution in [0.5, 0.6) is 11.5 Å². The molecule has 24 heavy (non-hydrogen) atoms. The van der Waals surface area contributed by atoms with Crippen LogP contribution in [0.3, 0.4) is 0 Å². The molecule has 0 bridgehead atoms. The molecule has 0 spiro atoms. The summed E-state index contributed by atoms with van der Waals surface area (Å²) in [7, 11) is 0.